The molecule has 0 aromatic heterocycles. The Balaban J connectivity index is 1.66. The smallest absolute Gasteiger partial charge is 0.405 e. The molecule has 2 aliphatic rings. The van der Waals surface area contributed by atoms with Gasteiger partial charge < -0.3 is 9.47 Å². The predicted octanol–water partition coefficient (Wildman–Crippen LogP) is 2.88. The highest BCUT2D eigenvalue weighted by Gasteiger charge is 2.36. The van der Waals surface area contributed by atoms with Crippen LogP contribution >= 0.6 is 0 Å². The molecule has 0 unspecified atom stereocenters. The highest BCUT2D eigenvalue weighted by molar-refractivity contribution is 5.33. The van der Waals surface area contributed by atoms with E-state index < -0.39 is 6.36 Å². The third-order valence-corrected chi connectivity index (χ3v) is 4.93. The zero-order valence-electron chi connectivity index (χ0n) is 13.8. The van der Waals surface area contributed by atoms with Crippen molar-refractivity contribution in [3.63, 3.8) is 0 Å². The number of alkyl halides is 3. The summed E-state index contributed by atoms with van der Waals surface area (Å²) in [5.74, 6) is -0.105. The molecule has 3 rings (SSSR count). The van der Waals surface area contributed by atoms with E-state index in [2.05, 4.69) is 21.5 Å². The van der Waals surface area contributed by atoms with Crippen LogP contribution in [0.2, 0.25) is 0 Å². The van der Waals surface area contributed by atoms with Gasteiger partial charge in [-0.3, -0.25) is 9.80 Å². The molecule has 0 spiro atoms. The average molecular weight is 344 g/mol. The van der Waals surface area contributed by atoms with Gasteiger partial charge in [-0.2, -0.15) is 0 Å². The molecule has 0 radical (unpaired) electrons. The number of para-hydroxylation sites is 1. The third-order valence-electron chi connectivity index (χ3n) is 4.93. The second-order valence-corrected chi connectivity index (χ2v) is 6.37. The minimum atomic E-state index is -4.66. The van der Waals surface area contributed by atoms with E-state index in [0.717, 1.165) is 39.3 Å². The van der Waals surface area contributed by atoms with E-state index in [1.165, 1.54) is 6.07 Å². The molecule has 2 fully saturated rings. The fourth-order valence-electron chi connectivity index (χ4n) is 3.68. The Bertz CT molecular complexity index is 547. The maximum absolute atomic E-state index is 12.6. The number of halogens is 3. The lowest BCUT2D eigenvalue weighted by atomic mass is 10.1. The van der Waals surface area contributed by atoms with Crippen molar-refractivity contribution in [1.82, 2.24) is 9.80 Å². The monoisotopic (exact) mass is 344 g/mol. The minimum absolute atomic E-state index is 0.105. The molecule has 1 aromatic rings. The van der Waals surface area contributed by atoms with Crippen molar-refractivity contribution in [3.05, 3.63) is 29.8 Å². The van der Waals surface area contributed by atoms with Crippen LogP contribution in [0.15, 0.2) is 24.3 Å². The van der Waals surface area contributed by atoms with Gasteiger partial charge in [-0.05, 0) is 19.4 Å². The summed E-state index contributed by atoms with van der Waals surface area (Å²) in [4.78, 5) is 4.67. The summed E-state index contributed by atoms with van der Waals surface area (Å²) in [5, 5.41) is 0. The van der Waals surface area contributed by atoms with Crippen molar-refractivity contribution in [1.29, 1.82) is 0 Å². The zero-order chi connectivity index (χ0) is 17.2. The molecular weight excluding hydrogens is 321 g/mol. The first-order valence-electron chi connectivity index (χ1n) is 8.33. The van der Waals surface area contributed by atoms with Gasteiger partial charge in [-0.25, -0.2) is 0 Å². The van der Waals surface area contributed by atoms with Crippen LogP contribution < -0.4 is 4.74 Å². The van der Waals surface area contributed by atoms with Gasteiger partial charge in [0.25, 0.3) is 0 Å². The molecule has 134 valence electrons. The largest absolute Gasteiger partial charge is 0.573 e. The number of hydrogen-bond donors (Lipinski definition) is 0. The first-order chi connectivity index (χ1) is 11.4. The Morgan fingerprint density at radius 3 is 2.58 bits per heavy atom. The normalized spacial score (nSPS) is 26.7. The fourth-order valence-corrected chi connectivity index (χ4v) is 3.68. The number of nitrogens with zero attached hydrogens (tertiary/aromatic N) is 2. The van der Waals surface area contributed by atoms with Crippen LogP contribution in [-0.2, 0) is 11.3 Å². The molecule has 0 saturated carbocycles. The predicted molar refractivity (Wildman–Crippen MR) is 83.8 cm³/mol. The first-order valence-corrected chi connectivity index (χ1v) is 8.33. The van der Waals surface area contributed by atoms with Crippen LogP contribution in [0.1, 0.15) is 18.9 Å². The van der Waals surface area contributed by atoms with Crippen molar-refractivity contribution in [3.8, 4) is 5.75 Å². The third kappa shape index (κ3) is 4.20. The highest BCUT2D eigenvalue weighted by Crippen LogP contribution is 2.30. The lowest BCUT2D eigenvalue weighted by molar-refractivity contribution is -0.275. The number of rotatable bonds is 4. The van der Waals surface area contributed by atoms with Crippen LogP contribution in [0.4, 0.5) is 13.2 Å². The van der Waals surface area contributed by atoms with Crippen LogP contribution in [0.3, 0.4) is 0 Å². The van der Waals surface area contributed by atoms with E-state index in [9.17, 15) is 13.2 Å². The van der Waals surface area contributed by atoms with Gasteiger partial charge in [-0.1, -0.05) is 18.2 Å². The van der Waals surface area contributed by atoms with E-state index in [1.54, 1.807) is 18.2 Å². The highest BCUT2D eigenvalue weighted by atomic mass is 19.4. The van der Waals surface area contributed by atoms with Gasteiger partial charge in [-0.15, -0.1) is 13.2 Å². The SMILES string of the molecule is C[C@@H]1[C@H](N2CCOCC2)CCN1Cc1ccccc1OC(F)(F)F. The summed E-state index contributed by atoms with van der Waals surface area (Å²) in [6.45, 7) is 6.86. The number of hydrogen-bond acceptors (Lipinski definition) is 4. The van der Waals surface area contributed by atoms with E-state index >= 15 is 0 Å². The summed E-state index contributed by atoms with van der Waals surface area (Å²) >= 11 is 0. The second kappa shape index (κ2) is 7.29. The molecule has 7 heteroatoms. The molecule has 0 bridgehead atoms. The summed E-state index contributed by atoms with van der Waals surface area (Å²) in [7, 11) is 0. The molecule has 1 aromatic carbocycles. The quantitative estimate of drug-likeness (QED) is 0.839. The van der Waals surface area contributed by atoms with Gasteiger partial charge >= 0.3 is 6.36 Å². The van der Waals surface area contributed by atoms with Crippen LogP contribution in [0.25, 0.3) is 0 Å². The number of morpholine rings is 1. The van der Waals surface area contributed by atoms with Gasteiger partial charge in [0.2, 0.25) is 0 Å². The average Bonchev–Trinajstić information content (AvgIpc) is 2.90. The summed E-state index contributed by atoms with van der Waals surface area (Å²) in [5.41, 5.74) is 0.573. The second-order valence-electron chi connectivity index (χ2n) is 6.37. The van der Waals surface area contributed by atoms with E-state index in [-0.39, 0.29) is 5.75 Å². The maximum Gasteiger partial charge on any atom is 0.573 e. The lowest BCUT2D eigenvalue weighted by Gasteiger charge is -2.36. The number of ether oxygens (including phenoxy) is 2. The molecule has 2 atom stereocenters. The standard InChI is InChI=1S/C17H23F3N2O2/c1-13-15(21-8-10-23-11-9-21)6-7-22(13)12-14-4-2-3-5-16(14)24-17(18,19)20/h2-5,13,15H,6-12H2,1H3/t13-,15-/m1/s1. The van der Waals surface area contributed by atoms with Crippen LogP contribution in [0, 0.1) is 0 Å². The molecule has 0 amide bonds. The van der Waals surface area contributed by atoms with Crippen molar-refractivity contribution in [2.24, 2.45) is 0 Å². The molecule has 24 heavy (non-hydrogen) atoms. The molecule has 2 saturated heterocycles. The van der Waals surface area contributed by atoms with E-state index in [1.807, 2.05) is 0 Å². The Morgan fingerprint density at radius 1 is 1.17 bits per heavy atom. The molecule has 0 aliphatic carbocycles. The van der Waals surface area contributed by atoms with Crippen LogP contribution in [-0.4, -0.2) is 61.1 Å². The van der Waals surface area contributed by atoms with Gasteiger partial charge in [0.05, 0.1) is 13.2 Å². The van der Waals surface area contributed by atoms with E-state index in [0.29, 0.717) is 24.2 Å². The van der Waals surface area contributed by atoms with Crippen LogP contribution in [0.5, 0.6) is 5.75 Å². The van der Waals surface area contributed by atoms with Crippen molar-refractivity contribution in [2.45, 2.75) is 38.3 Å². The Morgan fingerprint density at radius 2 is 1.88 bits per heavy atom. The first kappa shape index (κ1) is 17.5. The van der Waals surface area contributed by atoms with Gasteiger partial charge in [0.15, 0.2) is 0 Å². The zero-order valence-corrected chi connectivity index (χ0v) is 13.8. The Labute approximate surface area is 140 Å². The topological polar surface area (TPSA) is 24.9 Å². The van der Waals surface area contributed by atoms with Gasteiger partial charge in [0, 0.05) is 43.8 Å². The molecule has 4 nitrogen and oxygen atoms in total. The van der Waals surface area contributed by atoms with Crippen molar-refractivity contribution < 1.29 is 22.6 Å². The lowest BCUT2D eigenvalue weighted by Crippen LogP contribution is -2.48. The Kier molecular flexibility index (Phi) is 5.32. The molecule has 0 N–H and O–H groups in total. The summed E-state index contributed by atoms with van der Waals surface area (Å²) in [6, 6.07) is 7.12. The molecular formula is C17H23F3N2O2. The fraction of sp³-hybridized carbons (Fsp3) is 0.647. The maximum atomic E-state index is 12.6. The van der Waals surface area contributed by atoms with Gasteiger partial charge in [0.1, 0.15) is 5.75 Å². The van der Waals surface area contributed by atoms with Crippen molar-refractivity contribution >= 4 is 0 Å². The minimum Gasteiger partial charge on any atom is -0.405 e. The Hall–Kier alpha value is -1.31. The summed E-state index contributed by atoms with van der Waals surface area (Å²) in [6.07, 6.45) is -3.63. The summed E-state index contributed by atoms with van der Waals surface area (Å²) < 4.78 is 47.3. The van der Waals surface area contributed by atoms with E-state index in [4.69, 9.17) is 4.74 Å². The molecule has 2 heterocycles. The molecule has 2 aliphatic heterocycles. The van der Waals surface area contributed by atoms with Crippen molar-refractivity contribution in [2.75, 3.05) is 32.8 Å². The number of likely N-dealkylation sites (tertiary alicyclic amines) is 1. The number of benzene rings is 1.